The number of fused-ring (bicyclic) bond motifs is 2. The molecule has 3 rings (SSSR count). The van der Waals surface area contributed by atoms with Crippen molar-refractivity contribution in [2.75, 3.05) is 21.3 Å². The Bertz CT molecular complexity index is 618. The molecule has 0 aromatic heterocycles. The first kappa shape index (κ1) is 21.6. The van der Waals surface area contributed by atoms with Crippen LogP contribution in [0.15, 0.2) is 12.1 Å². The number of hydrogen-bond donors (Lipinski definition) is 2. The molecule has 3 unspecified atom stereocenters. The van der Waals surface area contributed by atoms with E-state index in [0.717, 1.165) is 18.4 Å². The van der Waals surface area contributed by atoms with E-state index >= 15 is 0 Å². The molecule has 2 saturated heterocycles. The zero-order valence-electron chi connectivity index (χ0n) is 16.5. The van der Waals surface area contributed by atoms with Crippen molar-refractivity contribution in [2.45, 2.75) is 57.2 Å². The normalized spacial score (nSPS) is 24.5. The highest BCUT2D eigenvalue weighted by Gasteiger charge is 2.34. The van der Waals surface area contributed by atoms with Crippen molar-refractivity contribution in [3.63, 3.8) is 0 Å². The van der Waals surface area contributed by atoms with Gasteiger partial charge in [-0.05, 0) is 56.2 Å². The summed E-state index contributed by atoms with van der Waals surface area (Å²) in [5, 5.41) is 6.75. The Labute approximate surface area is 167 Å². The lowest BCUT2D eigenvalue weighted by molar-refractivity contribution is -0.122. The molecule has 2 N–H and O–H groups in total. The van der Waals surface area contributed by atoms with Crippen molar-refractivity contribution >= 4 is 18.3 Å². The molecule has 2 fully saturated rings. The van der Waals surface area contributed by atoms with Crippen LogP contribution < -0.4 is 24.8 Å². The van der Waals surface area contributed by atoms with E-state index in [2.05, 4.69) is 10.6 Å². The second kappa shape index (κ2) is 9.51. The molecule has 0 spiro atoms. The van der Waals surface area contributed by atoms with E-state index in [1.165, 1.54) is 12.8 Å². The Hall–Kier alpha value is -1.66. The topological polar surface area (TPSA) is 68.8 Å². The van der Waals surface area contributed by atoms with Gasteiger partial charge in [-0.15, -0.1) is 12.4 Å². The zero-order chi connectivity index (χ0) is 18.7. The number of ether oxygens (including phenoxy) is 3. The molecule has 3 atom stereocenters. The van der Waals surface area contributed by atoms with Crippen LogP contribution in [0, 0.1) is 5.92 Å². The third kappa shape index (κ3) is 4.99. The molecule has 1 aromatic carbocycles. The minimum atomic E-state index is -0.130. The highest BCUT2D eigenvalue weighted by atomic mass is 35.5. The first-order valence-corrected chi connectivity index (χ1v) is 9.39. The van der Waals surface area contributed by atoms with Crippen molar-refractivity contribution in [1.29, 1.82) is 0 Å². The molecular weight excluding hydrogens is 368 g/mol. The molecule has 7 heteroatoms. The van der Waals surface area contributed by atoms with Gasteiger partial charge in [0.25, 0.3) is 0 Å². The van der Waals surface area contributed by atoms with Gasteiger partial charge in [-0.2, -0.15) is 0 Å². The number of nitrogens with one attached hydrogen (secondary N) is 2. The van der Waals surface area contributed by atoms with E-state index in [0.29, 0.717) is 41.7 Å². The second-order valence-corrected chi connectivity index (χ2v) is 7.43. The highest BCUT2D eigenvalue weighted by Crippen LogP contribution is 2.39. The van der Waals surface area contributed by atoms with Crippen LogP contribution in [-0.4, -0.2) is 39.3 Å². The van der Waals surface area contributed by atoms with Crippen molar-refractivity contribution in [3.8, 4) is 17.2 Å². The summed E-state index contributed by atoms with van der Waals surface area (Å²) in [6, 6.07) is 4.86. The Kier molecular flexibility index (Phi) is 7.62. The molecule has 2 bridgehead atoms. The van der Waals surface area contributed by atoms with Crippen LogP contribution in [0.3, 0.4) is 0 Å². The minimum Gasteiger partial charge on any atom is -0.493 e. The molecule has 2 aliphatic heterocycles. The van der Waals surface area contributed by atoms with Gasteiger partial charge < -0.3 is 24.8 Å². The molecule has 27 heavy (non-hydrogen) atoms. The summed E-state index contributed by atoms with van der Waals surface area (Å²) in [5.41, 5.74) is 0.929. The van der Waals surface area contributed by atoms with Crippen LogP contribution in [0.25, 0.3) is 0 Å². The third-order valence-electron chi connectivity index (χ3n) is 5.61. The van der Waals surface area contributed by atoms with Crippen LogP contribution in [0.4, 0.5) is 0 Å². The minimum absolute atomic E-state index is 0. The van der Waals surface area contributed by atoms with E-state index < -0.39 is 0 Å². The maximum atomic E-state index is 12.5. The number of carbonyl (C=O) groups excluding carboxylic acids is 1. The van der Waals surface area contributed by atoms with E-state index in [1.807, 2.05) is 19.1 Å². The van der Waals surface area contributed by atoms with E-state index in [1.54, 1.807) is 21.3 Å². The van der Waals surface area contributed by atoms with Gasteiger partial charge in [-0.1, -0.05) is 0 Å². The molecule has 152 valence electrons. The number of carbonyl (C=O) groups is 1. The summed E-state index contributed by atoms with van der Waals surface area (Å²) in [7, 11) is 4.77. The van der Waals surface area contributed by atoms with E-state index in [-0.39, 0.29) is 24.4 Å². The Morgan fingerprint density at radius 1 is 1.11 bits per heavy atom. The molecule has 6 nitrogen and oxygen atoms in total. The fraction of sp³-hybridized carbons (Fsp3) is 0.650. The smallest absolute Gasteiger partial charge is 0.220 e. The first-order chi connectivity index (χ1) is 12.5. The van der Waals surface area contributed by atoms with Crippen LogP contribution in [-0.2, 0) is 4.79 Å². The molecule has 0 saturated carbocycles. The van der Waals surface area contributed by atoms with Crippen molar-refractivity contribution in [3.05, 3.63) is 17.7 Å². The average Bonchev–Trinajstić information content (AvgIpc) is 2.98. The summed E-state index contributed by atoms with van der Waals surface area (Å²) in [6.45, 7) is 1.98. The zero-order valence-corrected chi connectivity index (χ0v) is 17.4. The molecule has 0 radical (unpaired) electrons. The molecule has 1 amide bonds. The van der Waals surface area contributed by atoms with E-state index in [9.17, 15) is 4.79 Å². The van der Waals surface area contributed by atoms with Crippen LogP contribution in [0.5, 0.6) is 17.2 Å². The summed E-state index contributed by atoms with van der Waals surface area (Å²) >= 11 is 0. The number of rotatable bonds is 7. The van der Waals surface area contributed by atoms with Crippen molar-refractivity contribution < 1.29 is 19.0 Å². The molecule has 2 heterocycles. The first-order valence-electron chi connectivity index (χ1n) is 9.39. The monoisotopic (exact) mass is 398 g/mol. The lowest BCUT2D eigenvalue weighted by Crippen LogP contribution is -2.40. The van der Waals surface area contributed by atoms with Crippen LogP contribution in [0.1, 0.15) is 50.6 Å². The number of piperidine rings is 1. The number of hydrogen-bond acceptors (Lipinski definition) is 5. The highest BCUT2D eigenvalue weighted by molar-refractivity contribution is 5.85. The largest absolute Gasteiger partial charge is 0.493 e. The quantitative estimate of drug-likeness (QED) is 0.738. The lowest BCUT2D eigenvalue weighted by Gasteiger charge is -2.29. The maximum Gasteiger partial charge on any atom is 0.220 e. The van der Waals surface area contributed by atoms with Crippen molar-refractivity contribution in [2.24, 2.45) is 5.92 Å². The average molecular weight is 399 g/mol. The number of amides is 1. The number of methoxy groups -OCH3 is 3. The van der Waals surface area contributed by atoms with Gasteiger partial charge in [0.15, 0.2) is 11.5 Å². The summed E-state index contributed by atoms with van der Waals surface area (Å²) < 4.78 is 16.2. The van der Waals surface area contributed by atoms with Gasteiger partial charge in [0, 0.05) is 18.5 Å². The molecular formula is C20H31ClN2O4. The molecule has 0 aliphatic carbocycles. The van der Waals surface area contributed by atoms with Gasteiger partial charge in [-0.25, -0.2) is 0 Å². The number of benzene rings is 1. The molecule has 1 aromatic rings. The van der Waals surface area contributed by atoms with Crippen molar-refractivity contribution in [1.82, 2.24) is 10.6 Å². The fourth-order valence-electron chi connectivity index (χ4n) is 4.34. The summed E-state index contributed by atoms with van der Waals surface area (Å²) in [5.74, 6) is 2.34. The SMILES string of the molecule is COc1cc(C(C)NC(=O)CC2CC3CCC(C2)N3)cc(OC)c1OC.Cl. The van der Waals surface area contributed by atoms with Gasteiger partial charge >= 0.3 is 0 Å². The van der Waals surface area contributed by atoms with Gasteiger partial charge in [0.1, 0.15) is 0 Å². The maximum absolute atomic E-state index is 12.5. The Morgan fingerprint density at radius 3 is 2.15 bits per heavy atom. The third-order valence-corrected chi connectivity index (χ3v) is 5.61. The number of halogens is 1. The van der Waals surface area contributed by atoms with Gasteiger partial charge in [0.2, 0.25) is 11.7 Å². The van der Waals surface area contributed by atoms with E-state index in [4.69, 9.17) is 14.2 Å². The summed E-state index contributed by atoms with van der Waals surface area (Å²) in [6.07, 6.45) is 5.34. The Morgan fingerprint density at radius 2 is 1.67 bits per heavy atom. The fourth-order valence-corrected chi connectivity index (χ4v) is 4.34. The summed E-state index contributed by atoms with van der Waals surface area (Å²) in [4.78, 5) is 12.5. The standard InChI is InChI=1S/C20H30N2O4.ClH/c1-12(14-10-17(24-2)20(26-4)18(11-14)25-3)21-19(23)9-13-7-15-5-6-16(8-13)22-15;/h10-13,15-16,22H,5-9H2,1-4H3,(H,21,23);1H. The Balaban J connectivity index is 0.00000261. The second-order valence-electron chi connectivity index (χ2n) is 7.43. The van der Waals surface area contributed by atoms with Crippen LogP contribution in [0.2, 0.25) is 0 Å². The lowest BCUT2D eigenvalue weighted by atomic mass is 9.89. The van der Waals surface area contributed by atoms with Gasteiger partial charge in [-0.3, -0.25) is 4.79 Å². The van der Waals surface area contributed by atoms with Gasteiger partial charge in [0.05, 0.1) is 27.4 Å². The van der Waals surface area contributed by atoms with Crippen LogP contribution >= 0.6 is 12.4 Å². The predicted molar refractivity (Wildman–Crippen MR) is 107 cm³/mol. The molecule has 2 aliphatic rings. The predicted octanol–water partition coefficient (Wildman–Crippen LogP) is 3.23.